The quantitative estimate of drug-likeness (QED) is 0.831. The number of para-hydroxylation sites is 1. The van der Waals surface area contributed by atoms with Crippen molar-refractivity contribution in [1.29, 1.82) is 0 Å². The van der Waals surface area contributed by atoms with Gasteiger partial charge in [-0.25, -0.2) is 4.39 Å². The van der Waals surface area contributed by atoms with Crippen molar-refractivity contribution in [2.24, 2.45) is 0 Å². The number of benzene rings is 2. The fourth-order valence-corrected chi connectivity index (χ4v) is 2.61. The lowest BCUT2D eigenvalue weighted by Gasteiger charge is -2.26. The van der Waals surface area contributed by atoms with E-state index in [0.717, 1.165) is 24.3 Å². The summed E-state index contributed by atoms with van der Waals surface area (Å²) < 4.78 is 13.1. The number of hydrogen-bond acceptors (Lipinski definition) is 2. The lowest BCUT2D eigenvalue weighted by molar-refractivity contribution is 0.538. The highest BCUT2D eigenvalue weighted by atomic mass is 19.1. The Labute approximate surface area is 126 Å². The molecule has 0 heterocycles. The predicted octanol–water partition coefficient (Wildman–Crippen LogP) is 4.65. The van der Waals surface area contributed by atoms with E-state index in [2.05, 4.69) is 42.3 Å². The highest BCUT2D eigenvalue weighted by Gasteiger charge is 2.15. The van der Waals surface area contributed by atoms with Crippen LogP contribution in [0.3, 0.4) is 0 Å². The zero-order chi connectivity index (χ0) is 15.2. The van der Waals surface area contributed by atoms with E-state index in [1.54, 1.807) is 12.1 Å². The van der Waals surface area contributed by atoms with E-state index < -0.39 is 0 Å². The van der Waals surface area contributed by atoms with Gasteiger partial charge in [-0.1, -0.05) is 32.0 Å². The van der Waals surface area contributed by atoms with E-state index >= 15 is 0 Å². The lowest BCUT2D eigenvalue weighted by atomic mass is 10.0. The third-order valence-corrected chi connectivity index (χ3v) is 3.75. The molecule has 0 bridgehead atoms. The fraction of sp³-hybridized carbons (Fsp3) is 0.333. The Kier molecular flexibility index (Phi) is 5.34. The van der Waals surface area contributed by atoms with Gasteiger partial charge in [0.15, 0.2) is 0 Å². The van der Waals surface area contributed by atoms with E-state index in [9.17, 15) is 4.39 Å². The first kappa shape index (κ1) is 15.5. The molecule has 0 aromatic heterocycles. The molecule has 0 fully saturated rings. The van der Waals surface area contributed by atoms with E-state index in [-0.39, 0.29) is 5.82 Å². The van der Waals surface area contributed by atoms with E-state index in [1.165, 1.54) is 17.7 Å². The zero-order valence-corrected chi connectivity index (χ0v) is 12.9. The molecule has 2 aromatic rings. The van der Waals surface area contributed by atoms with Crippen molar-refractivity contribution in [1.82, 2.24) is 5.32 Å². The van der Waals surface area contributed by atoms with Gasteiger partial charge < -0.3 is 10.2 Å². The van der Waals surface area contributed by atoms with Gasteiger partial charge in [-0.3, -0.25) is 0 Å². The lowest BCUT2D eigenvalue weighted by Crippen LogP contribution is -2.22. The van der Waals surface area contributed by atoms with Crippen molar-refractivity contribution >= 4 is 11.4 Å². The molecule has 0 aliphatic heterocycles. The normalized spacial score (nSPS) is 12.2. The average Bonchev–Trinajstić information content (AvgIpc) is 2.53. The molecule has 0 saturated carbocycles. The van der Waals surface area contributed by atoms with Crippen LogP contribution < -0.4 is 10.2 Å². The summed E-state index contributed by atoms with van der Waals surface area (Å²) in [5.74, 6) is -0.209. The largest absolute Gasteiger partial charge is 0.344 e. The first-order chi connectivity index (χ1) is 10.2. The minimum atomic E-state index is -0.209. The molecule has 2 aromatic carbocycles. The van der Waals surface area contributed by atoms with Gasteiger partial charge in [-0.2, -0.15) is 0 Å². The fourth-order valence-electron chi connectivity index (χ4n) is 2.61. The summed E-state index contributed by atoms with van der Waals surface area (Å²) in [5.41, 5.74) is 3.40. The van der Waals surface area contributed by atoms with Crippen LogP contribution in [0.1, 0.15) is 31.9 Å². The second-order valence-corrected chi connectivity index (χ2v) is 5.11. The van der Waals surface area contributed by atoms with Crippen LogP contribution >= 0.6 is 0 Å². The average molecular weight is 286 g/mol. The molecule has 1 unspecified atom stereocenters. The summed E-state index contributed by atoms with van der Waals surface area (Å²) >= 11 is 0. The van der Waals surface area contributed by atoms with Gasteiger partial charge >= 0.3 is 0 Å². The number of hydrogen-bond donors (Lipinski definition) is 1. The van der Waals surface area contributed by atoms with Crippen molar-refractivity contribution in [2.45, 2.75) is 26.3 Å². The van der Waals surface area contributed by atoms with Crippen LogP contribution in [0.15, 0.2) is 48.5 Å². The Morgan fingerprint density at radius 2 is 1.71 bits per heavy atom. The molecule has 1 N–H and O–H groups in total. The second-order valence-electron chi connectivity index (χ2n) is 5.11. The van der Waals surface area contributed by atoms with Gasteiger partial charge in [-0.15, -0.1) is 0 Å². The predicted molar refractivity (Wildman–Crippen MR) is 87.6 cm³/mol. The molecule has 0 aliphatic carbocycles. The van der Waals surface area contributed by atoms with Gasteiger partial charge in [0.05, 0.1) is 0 Å². The highest BCUT2D eigenvalue weighted by Crippen LogP contribution is 2.32. The van der Waals surface area contributed by atoms with Gasteiger partial charge in [0, 0.05) is 24.5 Å². The molecule has 2 rings (SSSR count). The summed E-state index contributed by atoms with van der Waals surface area (Å²) in [6.45, 7) is 5.24. The molecule has 2 nitrogen and oxygen atoms in total. The Bertz CT molecular complexity index is 566. The van der Waals surface area contributed by atoms with E-state index in [4.69, 9.17) is 0 Å². The zero-order valence-electron chi connectivity index (χ0n) is 12.9. The topological polar surface area (TPSA) is 15.3 Å². The van der Waals surface area contributed by atoms with Crippen molar-refractivity contribution in [2.75, 3.05) is 18.5 Å². The number of anilines is 2. The van der Waals surface area contributed by atoms with Crippen LogP contribution in [0.5, 0.6) is 0 Å². The Morgan fingerprint density at radius 1 is 1.05 bits per heavy atom. The van der Waals surface area contributed by atoms with E-state index in [1.807, 2.05) is 13.1 Å². The summed E-state index contributed by atoms with van der Waals surface area (Å²) in [5, 5.41) is 3.52. The summed E-state index contributed by atoms with van der Waals surface area (Å²) in [4.78, 5) is 2.11. The van der Waals surface area contributed by atoms with Crippen molar-refractivity contribution in [3.05, 3.63) is 59.9 Å². The van der Waals surface area contributed by atoms with Crippen LogP contribution in [-0.4, -0.2) is 13.6 Å². The number of halogens is 1. The number of rotatable bonds is 6. The third kappa shape index (κ3) is 3.61. The Morgan fingerprint density at radius 3 is 2.33 bits per heavy atom. The monoisotopic (exact) mass is 286 g/mol. The minimum Gasteiger partial charge on any atom is -0.344 e. The standard InChI is InChI=1S/C18H23FN2/c1-4-17(20-5-2)16-8-6-7-9-18(16)21(3)15-12-10-14(19)11-13-15/h6-13,17,20H,4-5H2,1-3H3. The molecular formula is C18H23FN2. The molecular weight excluding hydrogens is 263 g/mol. The van der Waals surface area contributed by atoms with Gasteiger partial charge in [-0.05, 0) is 48.9 Å². The van der Waals surface area contributed by atoms with Crippen molar-refractivity contribution < 1.29 is 4.39 Å². The Balaban J connectivity index is 2.36. The Hall–Kier alpha value is -1.87. The molecule has 0 spiro atoms. The van der Waals surface area contributed by atoms with Gasteiger partial charge in [0.2, 0.25) is 0 Å². The van der Waals surface area contributed by atoms with E-state index in [0.29, 0.717) is 6.04 Å². The first-order valence-electron chi connectivity index (χ1n) is 7.49. The highest BCUT2D eigenvalue weighted by molar-refractivity contribution is 5.66. The van der Waals surface area contributed by atoms with Gasteiger partial charge in [0.25, 0.3) is 0 Å². The molecule has 0 radical (unpaired) electrons. The molecule has 0 amide bonds. The maximum absolute atomic E-state index is 13.1. The smallest absolute Gasteiger partial charge is 0.123 e. The van der Waals surface area contributed by atoms with Crippen molar-refractivity contribution in [3.63, 3.8) is 0 Å². The van der Waals surface area contributed by atoms with Gasteiger partial charge in [0.1, 0.15) is 5.82 Å². The molecule has 112 valence electrons. The van der Waals surface area contributed by atoms with Crippen molar-refractivity contribution in [3.8, 4) is 0 Å². The third-order valence-electron chi connectivity index (χ3n) is 3.75. The summed E-state index contributed by atoms with van der Waals surface area (Å²) in [7, 11) is 2.02. The molecule has 21 heavy (non-hydrogen) atoms. The first-order valence-corrected chi connectivity index (χ1v) is 7.49. The number of nitrogens with zero attached hydrogens (tertiary/aromatic N) is 1. The van der Waals surface area contributed by atoms with Crippen LogP contribution in [0, 0.1) is 5.82 Å². The molecule has 1 atom stereocenters. The second kappa shape index (κ2) is 7.23. The molecule has 0 saturated heterocycles. The van der Waals surface area contributed by atoms with Crippen LogP contribution in [0.2, 0.25) is 0 Å². The SMILES string of the molecule is CCNC(CC)c1ccccc1N(C)c1ccc(F)cc1. The summed E-state index contributed by atoms with van der Waals surface area (Å²) in [6.07, 6.45) is 1.03. The summed E-state index contributed by atoms with van der Waals surface area (Å²) in [6, 6.07) is 15.3. The maximum atomic E-state index is 13.1. The minimum absolute atomic E-state index is 0.209. The van der Waals surface area contributed by atoms with Crippen LogP contribution in [-0.2, 0) is 0 Å². The van der Waals surface area contributed by atoms with Crippen LogP contribution in [0.4, 0.5) is 15.8 Å². The molecule has 3 heteroatoms. The van der Waals surface area contributed by atoms with Crippen LogP contribution in [0.25, 0.3) is 0 Å². The molecule has 0 aliphatic rings. The number of nitrogens with one attached hydrogen (secondary N) is 1. The maximum Gasteiger partial charge on any atom is 0.123 e.